The van der Waals surface area contributed by atoms with Crippen molar-refractivity contribution in [1.29, 1.82) is 5.26 Å². The summed E-state index contributed by atoms with van der Waals surface area (Å²) in [6, 6.07) is 9.70. The van der Waals surface area contributed by atoms with Crippen molar-refractivity contribution < 1.29 is 13.6 Å². The summed E-state index contributed by atoms with van der Waals surface area (Å²) in [5, 5.41) is 11.2. The van der Waals surface area contributed by atoms with E-state index >= 15 is 0 Å². The Morgan fingerprint density at radius 3 is 2.78 bits per heavy atom. The van der Waals surface area contributed by atoms with Crippen LogP contribution in [-0.2, 0) is 11.3 Å². The number of carbonyl (C=O) groups is 1. The van der Waals surface area contributed by atoms with Crippen molar-refractivity contribution in [2.75, 3.05) is 19.6 Å². The number of likely N-dealkylation sites (tertiary alicyclic amines) is 1. The van der Waals surface area contributed by atoms with Gasteiger partial charge in [0, 0.05) is 13.0 Å². The average Bonchev–Trinajstić information content (AvgIpc) is 2.55. The number of hydrogen-bond donors (Lipinski definition) is 1. The Hall–Kier alpha value is -2.00. The zero-order chi connectivity index (χ0) is 16.7. The van der Waals surface area contributed by atoms with E-state index in [1.807, 2.05) is 18.2 Å². The lowest BCUT2D eigenvalue weighted by Gasteiger charge is -2.31. The topological polar surface area (TPSA) is 56.1 Å². The molecule has 0 aliphatic carbocycles. The Bertz CT molecular complexity index is 563. The van der Waals surface area contributed by atoms with Crippen LogP contribution in [0.1, 0.15) is 30.4 Å². The highest BCUT2D eigenvalue weighted by molar-refractivity contribution is 5.76. The maximum atomic E-state index is 12.0. The van der Waals surface area contributed by atoms with Crippen molar-refractivity contribution >= 4 is 5.91 Å². The Balaban J connectivity index is 1.73. The zero-order valence-electron chi connectivity index (χ0n) is 13.0. The highest BCUT2D eigenvalue weighted by Crippen LogP contribution is 2.22. The van der Waals surface area contributed by atoms with Crippen molar-refractivity contribution in [3.63, 3.8) is 0 Å². The van der Waals surface area contributed by atoms with E-state index in [-0.39, 0.29) is 11.8 Å². The molecule has 1 heterocycles. The number of piperidine rings is 1. The van der Waals surface area contributed by atoms with Gasteiger partial charge in [-0.05, 0) is 49.5 Å². The van der Waals surface area contributed by atoms with Gasteiger partial charge in [0.15, 0.2) is 0 Å². The normalized spacial score (nSPS) is 16.3. The van der Waals surface area contributed by atoms with Crippen LogP contribution < -0.4 is 5.32 Å². The van der Waals surface area contributed by atoms with Crippen LogP contribution in [0, 0.1) is 17.2 Å². The number of nitriles is 1. The molecule has 6 heteroatoms. The summed E-state index contributed by atoms with van der Waals surface area (Å²) in [6.07, 6.45) is -0.394. The molecule has 1 amide bonds. The molecule has 1 fully saturated rings. The van der Waals surface area contributed by atoms with Crippen LogP contribution in [0.15, 0.2) is 24.3 Å². The van der Waals surface area contributed by atoms with Crippen LogP contribution >= 0.6 is 0 Å². The molecule has 1 aliphatic rings. The lowest BCUT2D eigenvalue weighted by Crippen LogP contribution is -2.36. The van der Waals surface area contributed by atoms with Gasteiger partial charge in [0.2, 0.25) is 5.91 Å². The van der Waals surface area contributed by atoms with Crippen molar-refractivity contribution in [2.45, 2.75) is 32.2 Å². The second kappa shape index (κ2) is 8.59. The van der Waals surface area contributed by atoms with E-state index in [0.29, 0.717) is 12.0 Å². The minimum absolute atomic E-state index is 0.259. The number of hydrogen-bond acceptors (Lipinski definition) is 3. The summed E-state index contributed by atoms with van der Waals surface area (Å²) in [7, 11) is 0. The van der Waals surface area contributed by atoms with Gasteiger partial charge in [-0.1, -0.05) is 12.1 Å². The Labute approximate surface area is 135 Å². The minimum Gasteiger partial charge on any atom is -0.350 e. The highest BCUT2D eigenvalue weighted by atomic mass is 19.3. The summed E-state index contributed by atoms with van der Waals surface area (Å²) >= 11 is 0. The smallest absolute Gasteiger partial charge is 0.255 e. The predicted octanol–water partition coefficient (Wildman–Crippen LogP) is 2.54. The third-order valence-corrected chi connectivity index (χ3v) is 4.10. The molecule has 23 heavy (non-hydrogen) atoms. The zero-order valence-corrected chi connectivity index (χ0v) is 13.0. The lowest BCUT2D eigenvalue weighted by molar-refractivity contribution is -0.123. The molecule has 1 saturated heterocycles. The van der Waals surface area contributed by atoms with Gasteiger partial charge in [-0.2, -0.15) is 5.26 Å². The van der Waals surface area contributed by atoms with E-state index in [1.165, 1.54) is 0 Å². The largest absolute Gasteiger partial charge is 0.350 e. The number of amides is 1. The van der Waals surface area contributed by atoms with Crippen LogP contribution in [0.2, 0.25) is 0 Å². The molecule has 1 aromatic carbocycles. The second-order valence-corrected chi connectivity index (χ2v) is 5.93. The van der Waals surface area contributed by atoms with Crippen molar-refractivity contribution in [3.05, 3.63) is 35.4 Å². The summed E-state index contributed by atoms with van der Waals surface area (Å²) in [5.74, 6) is -0.0279. The quantitative estimate of drug-likeness (QED) is 0.876. The fourth-order valence-corrected chi connectivity index (χ4v) is 2.87. The first-order valence-corrected chi connectivity index (χ1v) is 7.83. The molecule has 0 aromatic heterocycles. The Kier molecular flexibility index (Phi) is 6.48. The van der Waals surface area contributed by atoms with Gasteiger partial charge in [-0.25, -0.2) is 8.78 Å². The second-order valence-electron chi connectivity index (χ2n) is 5.93. The predicted molar refractivity (Wildman–Crippen MR) is 82.8 cm³/mol. The molecule has 0 bridgehead atoms. The van der Waals surface area contributed by atoms with E-state index in [2.05, 4.69) is 16.3 Å². The van der Waals surface area contributed by atoms with Gasteiger partial charge in [0.25, 0.3) is 6.43 Å². The molecule has 0 radical (unpaired) electrons. The third-order valence-electron chi connectivity index (χ3n) is 4.10. The molecule has 1 aliphatic heterocycles. The first-order chi connectivity index (χ1) is 11.1. The molecule has 0 atom stereocenters. The number of carbonyl (C=O) groups excluding carboxylic acids is 1. The van der Waals surface area contributed by atoms with Crippen LogP contribution in [0.4, 0.5) is 8.78 Å². The highest BCUT2D eigenvalue weighted by Gasteiger charge is 2.21. The molecular formula is C17H21F2N3O. The molecule has 2 rings (SSSR count). The fraction of sp³-hybridized carbons (Fsp3) is 0.529. The molecule has 0 spiro atoms. The average molecular weight is 321 g/mol. The molecular weight excluding hydrogens is 300 g/mol. The monoisotopic (exact) mass is 321 g/mol. The summed E-state index contributed by atoms with van der Waals surface area (Å²) in [6.45, 7) is 1.99. The number of halogens is 2. The van der Waals surface area contributed by atoms with Gasteiger partial charge in [-0.3, -0.25) is 9.69 Å². The fourth-order valence-electron chi connectivity index (χ4n) is 2.87. The standard InChI is InChI=1S/C17H21F2N3O/c18-16(19)11-21-17(23)9-13-4-6-22(7-5-13)12-15-3-1-2-14(8-15)10-20/h1-3,8,13,16H,4-7,9,11-12H2,(H,21,23). The van der Waals surface area contributed by atoms with Gasteiger partial charge >= 0.3 is 0 Å². The van der Waals surface area contributed by atoms with Crippen LogP contribution in [0.5, 0.6) is 0 Å². The van der Waals surface area contributed by atoms with E-state index in [1.54, 1.807) is 6.07 Å². The number of rotatable bonds is 6. The molecule has 124 valence electrons. The molecule has 0 saturated carbocycles. The number of benzene rings is 1. The number of nitrogens with one attached hydrogen (secondary N) is 1. The van der Waals surface area contributed by atoms with Crippen LogP contribution in [0.3, 0.4) is 0 Å². The SMILES string of the molecule is N#Cc1cccc(CN2CCC(CC(=O)NCC(F)F)CC2)c1. The van der Waals surface area contributed by atoms with Crippen LogP contribution in [-0.4, -0.2) is 36.9 Å². The maximum absolute atomic E-state index is 12.0. The summed E-state index contributed by atoms with van der Waals surface area (Å²) in [4.78, 5) is 13.9. The molecule has 0 unspecified atom stereocenters. The Morgan fingerprint density at radius 1 is 1.39 bits per heavy atom. The van der Waals surface area contributed by atoms with Gasteiger partial charge in [0.1, 0.15) is 0 Å². The number of alkyl halides is 2. The first-order valence-electron chi connectivity index (χ1n) is 7.83. The maximum Gasteiger partial charge on any atom is 0.255 e. The van der Waals surface area contributed by atoms with E-state index in [4.69, 9.17) is 5.26 Å². The van der Waals surface area contributed by atoms with E-state index in [0.717, 1.165) is 38.0 Å². The molecule has 1 aromatic rings. The molecule has 4 nitrogen and oxygen atoms in total. The van der Waals surface area contributed by atoms with E-state index < -0.39 is 13.0 Å². The van der Waals surface area contributed by atoms with Crippen molar-refractivity contribution in [2.24, 2.45) is 5.92 Å². The summed E-state index contributed by atoms with van der Waals surface area (Å²) < 4.78 is 24.1. The first kappa shape index (κ1) is 17.4. The lowest BCUT2D eigenvalue weighted by atomic mass is 9.93. The van der Waals surface area contributed by atoms with Crippen molar-refractivity contribution in [3.8, 4) is 6.07 Å². The third kappa shape index (κ3) is 5.95. The van der Waals surface area contributed by atoms with Gasteiger partial charge in [-0.15, -0.1) is 0 Å². The van der Waals surface area contributed by atoms with Crippen LogP contribution in [0.25, 0.3) is 0 Å². The summed E-state index contributed by atoms with van der Waals surface area (Å²) in [5.41, 5.74) is 1.77. The number of nitrogens with zero attached hydrogens (tertiary/aromatic N) is 2. The Morgan fingerprint density at radius 2 is 2.13 bits per heavy atom. The molecule has 1 N–H and O–H groups in total. The van der Waals surface area contributed by atoms with E-state index in [9.17, 15) is 13.6 Å². The van der Waals surface area contributed by atoms with Gasteiger partial charge < -0.3 is 5.32 Å². The minimum atomic E-state index is -2.50. The van der Waals surface area contributed by atoms with Gasteiger partial charge in [0.05, 0.1) is 18.2 Å². The van der Waals surface area contributed by atoms with Crippen molar-refractivity contribution in [1.82, 2.24) is 10.2 Å².